The number of hydrogen-bond donors (Lipinski definition) is 1. The lowest BCUT2D eigenvalue weighted by molar-refractivity contribution is 0.306. The highest BCUT2D eigenvalue weighted by Crippen LogP contribution is 2.23. The van der Waals surface area contributed by atoms with Gasteiger partial charge in [0.1, 0.15) is 23.9 Å². The van der Waals surface area contributed by atoms with Crippen molar-refractivity contribution in [2.24, 2.45) is 0 Å². The third kappa shape index (κ3) is 3.22. The van der Waals surface area contributed by atoms with E-state index >= 15 is 0 Å². The molecule has 0 spiro atoms. The van der Waals surface area contributed by atoms with Crippen molar-refractivity contribution in [2.45, 2.75) is 6.61 Å². The number of para-hydroxylation sites is 1. The second kappa shape index (κ2) is 6.46. The summed E-state index contributed by atoms with van der Waals surface area (Å²) in [4.78, 5) is 0. The van der Waals surface area contributed by atoms with Crippen LogP contribution in [0, 0.1) is 0 Å². The molecule has 0 bridgehead atoms. The number of ether oxygens (including phenoxy) is 2. The van der Waals surface area contributed by atoms with E-state index in [1.54, 1.807) is 6.20 Å². The number of aromatic nitrogens is 2. The first kappa shape index (κ1) is 14.3. The van der Waals surface area contributed by atoms with Gasteiger partial charge in [-0.15, -0.1) is 0 Å². The van der Waals surface area contributed by atoms with Crippen LogP contribution in [0.5, 0.6) is 17.2 Å². The summed E-state index contributed by atoms with van der Waals surface area (Å²) in [5.74, 6) is 2.42. The molecule has 4 aromatic rings. The zero-order valence-corrected chi connectivity index (χ0v) is 13.0. The van der Waals surface area contributed by atoms with Gasteiger partial charge < -0.3 is 9.47 Å². The number of nitrogens with one attached hydrogen (secondary N) is 1. The van der Waals surface area contributed by atoms with Crippen molar-refractivity contribution >= 4 is 10.9 Å². The van der Waals surface area contributed by atoms with Gasteiger partial charge in [0.15, 0.2) is 0 Å². The molecular formula is C20H16N2O2. The second-order valence-electron chi connectivity index (χ2n) is 5.47. The fraction of sp³-hybridized carbons (Fsp3) is 0.0500. The topological polar surface area (TPSA) is 47.1 Å². The van der Waals surface area contributed by atoms with E-state index in [1.807, 2.05) is 72.8 Å². The number of rotatable bonds is 5. The lowest BCUT2D eigenvalue weighted by atomic mass is 10.2. The predicted molar refractivity (Wildman–Crippen MR) is 93.4 cm³/mol. The smallest absolute Gasteiger partial charge is 0.127 e. The van der Waals surface area contributed by atoms with E-state index in [-0.39, 0.29) is 0 Å². The lowest BCUT2D eigenvalue weighted by Crippen LogP contribution is -1.96. The van der Waals surface area contributed by atoms with E-state index in [0.717, 1.165) is 33.7 Å². The standard InChI is InChI=1S/C20H16N2O2/c1-2-6-17(7-3-1)24-19-8-4-5-15(11-19)14-23-18-10-9-16-13-21-22-20(16)12-18/h1-13H,14H2,(H,21,22). The molecule has 0 amide bonds. The summed E-state index contributed by atoms with van der Waals surface area (Å²) in [6.07, 6.45) is 1.80. The number of hydrogen-bond acceptors (Lipinski definition) is 3. The van der Waals surface area contributed by atoms with Crippen molar-refractivity contribution in [1.82, 2.24) is 10.2 Å². The van der Waals surface area contributed by atoms with Crippen LogP contribution in [0.25, 0.3) is 10.9 Å². The Kier molecular flexibility index (Phi) is 3.86. The highest BCUT2D eigenvalue weighted by Gasteiger charge is 2.02. The Labute approximate surface area is 139 Å². The lowest BCUT2D eigenvalue weighted by Gasteiger charge is -2.09. The Balaban J connectivity index is 1.45. The Morgan fingerprint density at radius 2 is 1.67 bits per heavy atom. The molecule has 0 atom stereocenters. The Morgan fingerprint density at radius 3 is 2.58 bits per heavy atom. The second-order valence-corrected chi connectivity index (χ2v) is 5.47. The molecule has 118 valence electrons. The zero-order valence-electron chi connectivity index (χ0n) is 13.0. The average molecular weight is 316 g/mol. The van der Waals surface area contributed by atoms with Crippen molar-refractivity contribution in [1.29, 1.82) is 0 Å². The van der Waals surface area contributed by atoms with Crippen molar-refractivity contribution in [3.8, 4) is 17.2 Å². The van der Waals surface area contributed by atoms with Gasteiger partial charge >= 0.3 is 0 Å². The van der Waals surface area contributed by atoms with Gasteiger partial charge in [-0.1, -0.05) is 30.3 Å². The van der Waals surface area contributed by atoms with Crippen molar-refractivity contribution in [3.63, 3.8) is 0 Å². The molecule has 4 nitrogen and oxygen atoms in total. The zero-order chi connectivity index (χ0) is 16.2. The van der Waals surface area contributed by atoms with Crippen molar-refractivity contribution < 1.29 is 9.47 Å². The number of fused-ring (bicyclic) bond motifs is 1. The quantitative estimate of drug-likeness (QED) is 0.567. The average Bonchev–Trinajstić information content (AvgIpc) is 3.09. The largest absolute Gasteiger partial charge is 0.489 e. The summed E-state index contributed by atoms with van der Waals surface area (Å²) >= 11 is 0. The highest BCUT2D eigenvalue weighted by molar-refractivity contribution is 5.79. The molecule has 0 radical (unpaired) electrons. The highest BCUT2D eigenvalue weighted by atomic mass is 16.5. The van der Waals surface area contributed by atoms with Crippen molar-refractivity contribution in [3.05, 3.63) is 84.6 Å². The maximum Gasteiger partial charge on any atom is 0.127 e. The first-order chi connectivity index (χ1) is 11.9. The van der Waals surface area contributed by atoms with E-state index in [4.69, 9.17) is 9.47 Å². The van der Waals surface area contributed by atoms with E-state index in [0.29, 0.717) is 6.61 Å². The molecule has 4 rings (SSSR count). The normalized spacial score (nSPS) is 10.7. The van der Waals surface area contributed by atoms with Crippen LogP contribution in [0.4, 0.5) is 0 Å². The molecule has 1 aromatic heterocycles. The number of nitrogens with zero attached hydrogens (tertiary/aromatic N) is 1. The van der Waals surface area contributed by atoms with Gasteiger partial charge in [0.05, 0.1) is 11.7 Å². The summed E-state index contributed by atoms with van der Waals surface area (Å²) in [5, 5.41) is 8.03. The molecule has 0 aliphatic heterocycles. The van der Waals surface area contributed by atoms with Crippen LogP contribution >= 0.6 is 0 Å². The first-order valence-electron chi connectivity index (χ1n) is 7.75. The monoisotopic (exact) mass is 316 g/mol. The molecule has 4 heteroatoms. The third-order valence-electron chi connectivity index (χ3n) is 3.70. The van der Waals surface area contributed by atoms with Gasteiger partial charge in [0.2, 0.25) is 0 Å². The van der Waals surface area contributed by atoms with Crippen LogP contribution < -0.4 is 9.47 Å². The molecule has 0 aliphatic carbocycles. The molecular weight excluding hydrogens is 300 g/mol. The summed E-state index contributed by atoms with van der Waals surface area (Å²) < 4.78 is 11.7. The Hall–Kier alpha value is -3.27. The maximum atomic E-state index is 5.87. The summed E-state index contributed by atoms with van der Waals surface area (Å²) in [7, 11) is 0. The van der Waals surface area contributed by atoms with Gasteiger partial charge in [-0.25, -0.2) is 0 Å². The van der Waals surface area contributed by atoms with E-state index in [1.165, 1.54) is 0 Å². The maximum absolute atomic E-state index is 5.87. The van der Waals surface area contributed by atoms with Gasteiger partial charge in [-0.2, -0.15) is 5.10 Å². The number of benzene rings is 3. The minimum absolute atomic E-state index is 0.478. The van der Waals surface area contributed by atoms with Gasteiger partial charge in [0.25, 0.3) is 0 Å². The molecule has 3 aromatic carbocycles. The first-order valence-corrected chi connectivity index (χ1v) is 7.75. The van der Waals surface area contributed by atoms with Gasteiger partial charge in [-0.05, 0) is 42.0 Å². The predicted octanol–water partition coefficient (Wildman–Crippen LogP) is 4.93. The van der Waals surface area contributed by atoms with E-state index < -0.39 is 0 Å². The van der Waals surface area contributed by atoms with Crippen LogP contribution in [0.3, 0.4) is 0 Å². The van der Waals surface area contributed by atoms with E-state index in [2.05, 4.69) is 10.2 Å². The van der Waals surface area contributed by atoms with Crippen LogP contribution in [-0.2, 0) is 6.61 Å². The molecule has 0 saturated heterocycles. The van der Waals surface area contributed by atoms with E-state index in [9.17, 15) is 0 Å². The van der Waals surface area contributed by atoms with Crippen LogP contribution in [0.2, 0.25) is 0 Å². The molecule has 0 fully saturated rings. The van der Waals surface area contributed by atoms with Crippen molar-refractivity contribution in [2.75, 3.05) is 0 Å². The Morgan fingerprint density at radius 1 is 0.792 bits per heavy atom. The fourth-order valence-electron chi connectivity index (χ4n) is 2.50. The van der Waals surface area contributed by atoms with Crippen LogP contribution in [-0.4, -0.2) is 10.2 Å². The minimum atomic E-state index is 0.478. The fourth-order valence-corrected chi connectivity index (χ4v) is 2.50. The molecule has 0 saturated carbocycles. The number of H-pyrrole nitrogens is 1. The molecule has 1 heterocycles. The SMILES string of the molecule is c1ccc(Oc2cccc(COc3ccc4cn[nH]c4c3)c2)cc1. The molecule has 0 unspecified atom stereocenters. The molecule has 24 heavy (non-hydrogen) atoms. The summed E-state index contributed by atoms with van der Waals surface area (Å²) in [5.41, 5.74) is 2.02. The van der Waals surface area contributed by atoms with Crippen LogP contribution in [0.15, 0.2) is 79.0 Å². The third-order valence-corrected chi connectivity index (χ3v) is 3.70. The summed E-state index contributed by atoms with van der Waals surface area (Å²) in [6.45, 7) is 0.478. The number of aromatic amines is 1. The molecule has 1 N–H and O–H groups in total. The van der Waals surface area contributed by atoms with Crippen LogP contribution in [0.1, 0.15) is 5.56 Å². The van der Waals surface area contributed by atoms with Gasteiger partial charge in [-0.3, -0.25) is 5.10 Å². The minimum Gasteiger partial charge on any atom is -0.489 e. The summed E-state index contributed by atoms with van der Waals surface area (Å²) in [6, 6.07) is 23.5. The molecule has 0 aliphatic rings. The Bertz CT molecular complexity index is 948. The van der Waals surface area contributed by atoms with Gasteiger partial charge in [0, 0.05) is 11.5 Å².